The van der Waals surface area contributed by atoms with Gasteiger partial charge >= 0.3 is 0 Å². The van der Waals surface area contributed by atoms with Gasteiger partial charge in [-0.2, -0.15) is 4.31 Å². The lowest BCUT2D eigenvalue weighted by Gasteiger charge is -2.24. The van der Waals surface area contributed by atoms with Crippen molar-refractivity contribution in [3.05, 3.63) is 0 Å². The van der Waals surface area contributed by atoms with Crippen molar-refractivity contribution in [3.63, 3.8) is 0 Å². The lowest BCUT2D eigenvalue weighted by atomic mass is 10.0. The molecule has 0 radical (unpaired) electrons. The highest BCUT2D eigenvalue weighted by atomic mass is 32.2. The number of rotatable bonds is 7. The number of hydrogen-bond donors (Lipinski definition) is 2. The smallest absolute Gasteiger partial charge is 0.214 e. The Morgan fingerprint density at radius 2 is 2.11 bits per heavy atom. The molecule has 1 fully saturated rings. The first-order chi connectivity index (χ1) is 8.38. The number of sulfonamides is 1. The molecule has 0 spiro atoms. The van der Waals surface area contributed by atoms with Gasteiger partial charge in [0.05, 0.1) is 18.4 Å². The van der Waals surface area contributed by atoms with Crippen molar-refractivity contribution >= 4 is 10.0 Å². The van der Waals surface area contributed by atoms with Crippen LogP contribution in [0.4, 0.5) is 0 Å². The molecular weight excluding hydrogens is 252 g/mol. The fourth-order valence-electron chi connectivity index (χ4n) is 2.35. The Kier molecular flexibility index (Phi) is 6.04. The number of hydrogen-bond acceptors (Lipinski definition) is 4. The summed E-state index contributed by atoms with van der Waals surface area (Å²) in [6, 6.07) is 0.151. The first kappa shape index (κ1) is 15.9. The van der Waals surface area contributed by atoms with E-state index >= 15 is 0 Å². The maximum absolute atomic E-state index is 12.2. The normalized spacial score (nSPS) is 26.1. The van der Waals surface area contributed by atoms with E-state index < -0.39 is 10.0 Å². The highest BCUT2D eigenvalue weighted by Crippen LogP contribution is 2.26. The number of nitrogens with zero attached hydrogens (tertiary/aromatic N) is 1. The van der Waals surface area contributed by atoms with Crippen molar-refractivity contribution in [2.45, 2.75) is 45.7 Å². The second-order valence-corrected chi connectivity index (χ2v) is 7.45. The molecule has 1 aliphatic rings. The first-order valence-electron chi connectivity index (χ1n) is 6.72. The summed E-state index contributed by atoms with van der Waals surface area (Å²) in [5, 5.41) is 12.5. The topological polar surface area (TPSA) is 69.6 Å². The van der Waals surface area contributed by atoms with Crippen LogP contribution < -0.4 is 5.32 Å². The second-order valence-electron chi connectivity index (χ2n) is 5.40. The van der Waals surface area contributed by atoms with Crippen LogP contribution in [0.1, 0.15) is 33.6 Å². The molecule has 2 atom stereocenters. The van der Waals surface area contributed by atoms with E-state index in [2.05, 4.69) is 5.32 Å². The molecule has 0 aromatic rings. The van der Waals surface area contributed by atoms with Gasteiger partial charge in [-0.25, -0.2) is 8.42 Å². The monoisotopic (exact) mass is 278 g/mol. The summed E-state index contributed by atoms with van der Waals surface area (Å²) in [4.78, 5) is 0. The van der Waals surface area contributed by atoms with Crippen molar-refractivity contribution in [2.24, 2.45) is 5.92 Å². The molecule has 2 N–H and O–H groups in total. The van der Waals surface area contributed by atoms with Crippen LogP contribution in [-0.4, -0.2) is 55.4 Å². The van der Waals surface area contributed by atoms with Crippen LogP contribution in [0.3, 0.4) is 0 Å². The van der Waals surface area contributed by atoms with Crippen LogP contribution in [0.5, 0.6) is 0 Å². The molecule has 6 heteroatoms. The maximum Gasteiger partial charge on any atom is 0.214 e. The van der Waals surface area contributed by atoms with Crippen molar-refractivity contribution in [1.29, 1.82) is 0 Å². The summed E-state index contributed by atoms with van der Waals surface area (Å²) < 4.78 is 25.9. The Labute approximate surface area is 111 Å². The zero-order chi connectivity index (χ0) is 13.8. The van der Waals surface area contributed by atoms with Crippen LogP contribution in [0, 0.1) is 5.92 Å². The molecule has 0 aliphatic carbocycles. The van der Waals surface area contributed by atoms with E-state index in [1.807, 2.05) is 20.8 Å². The third-order valence-electron chi connectivity index (χ3n) is 3.51. The van der Waals surface area contributed by atoms with E-state index in [9.17, 15) is 13.5 Å². The third kappa shape index (κ3) is 4.19. The molecule has 1 rings (SSSR count). The Hall–Kier alpha value is -0.170. The summed E-state index contributed by atoms with van der Waals surface area (Å²) in [5.41, 5.74) is 0. The third-order valence-corrected chi connectivity index (χ3v) is 5.48. The molecule has 1 heterocycles. The highest BCUT2D eigenvalue weighted by Gasteiger charge is 2.37. The van der Waals surface area contributed by atoms with Crippen molar-refractivity contribution in [3.8, 4) is 0 Å². The fourth-order valence-corrected chi connectivity index (χ4v) is 4.17. The summed E-state index contributed by atoms with van der Waals surface area (Å²) in [5.74, 6) is 0.411. The van der Waals surface area contributed by atoms with Gasteiger partial charge in [-0.3, -0.25) is 0 Å². The predicted octanol–water partition coefficient (Wildman–Crippen LogP) is 0.407. The summed E-state index contributed by atoms with van der Waals surface area (Å²) >= 11 is 0. The minimum atomic E-state index is -3.22. The quantitative estimate of drug-likeness (QED) is 0.662. The first-order valence-corrected chi connectivity index (χ1v) is 8.33. The molecule has 1 saturated heterocycles. The molecule has 0 aromatic carbocycles. The molecule has 0 saturated carbocycles. The molecular formula is C12H26N2O3S. The van der Waals surface area contributed by atoms with Crippen molar-refractivity contribution in [1.82, 2.24) is 9.62 Å². The number of aliphatic hydroxyl groups is 1. The van der Waals surface area contributed by atoms with Gasteiger partial charge in [0.1, 0.15) is 0 Å². The average Bonchev–Trinajstić information content (AvgIpc) is 2.66. The zero-order valence-corrected chi connectivity index (χ0v) is 12.4. The molecule has 2 unspecified atom stereocenters. The van der Waals surface area contributed by atoms with Crippen LogP contribution >= 0.6 is 0 Å². The highest BCUT2D eigenvalue weighted by molar-refractivity contribution is 7.89. The number of nitrogens with one attached hydrogen (secondary N) is 1. The van der Waals surface area contributed by atoms with Gasteiger partial charge in [0.2, 0.25) is 10.0 Å². The Bertz CT molecular complexity index is 343. The van der Waals surface area contributed by atoms with E-state index in [1.54, 1.807) is 0 Å². The van der Waals surface area contributed by atoms with Gasteiger partial charge in [-0.15, -0.1) is 0 Å². The SMILES string of the molecule is CC(C)NCCCS(=O)(=O)N1CCC(C)C1CO. The van der Waals surface area contributed by atoms with Crippen LogP contribution in [-0.2, 0) is 10.0 Å². The minimum Gasteiger partial charge on any atom is -0.395 e. The van der Waals surface area contributed by atoms with E-state index in [0.29, 0.717) is 25.6 Å². The average molecular weight is 278 g/mol. The number of aliphatic hydroxyl groups excluding tert-OH is 1. The molecule has 18 heavy (non-hydrogen) atoms. The second kappa shape index (κ2) is 6.84. The standard InChI is InChI=1S/C12H26N2O3S/c1-10(2)13-6-4-8-18(16,17)14-7-5-11(3)12(14)9-15/h10-13,15H,4-9H2,1-3H3. The predicted molar refractivity (Wildman–Crippen MR) is 72.9 cm³/mol. The molecule has 5 nitrogen and oxygen atoms in total. The van der Waals surface area contributed by atoms with Gasteiger partial charge in [0.15, 0.2) is 0 Å². The Morgan fingerprint density at radius 3 is 2.67 bits per heavy atom. The fraction of sp³-hybridized carbons (Fsp3) is 1.00. The van der Waals surface area contributed by atoms with Crippen molar-refractivity contribution < 1.29 is 13.5 Å². The van der Waals surface area contributed by atoms with E-state index in [1.165, 1.54) is 4.31 Å². The van der Waals surface area contributed by atoms with E-state index in [0.717, 1.165) is 6.42 Å². The summed E-state index contributed by atoms with van der Waals surface area (Å²) in [6.07, 6.45) is 1.46. The minimum absolute atomic E-state index is 0.0787. The van der Waals surface area contributed by atoms with Gasteiger partial charge in [-0.1, -0.05) is 20.8 Å². The van der Waals surface area contributed by atoms with E-state index in [-0.39, 0.29) is 24.3 Å². The lowest BCUT2D eigenvalue weighted by Crippen LogP contribution is -2.41. The van der Waals surface area contributed by atoms with Crippen LogP contribution in [0.2, 0.25) is 0 Å². The molecule has 0 bridgehead atoms. The van der Waals surface area contributed by atoms with E-state index in [4.69, 9.17) is 0 Å². The Morgan fingerprint density at radius 1 is 1.44 bits per heavy atom. The molecule has 0 amide bonds. The molecule has 1 aliphatic heterocycles. The summed E-state index contributed by atoms with van der Waals surface area (Å²) in [7, 11) is -3.22. The van der Waals surface area contributed by atoms with Gasteiger partial charge < -0.3 is 10.4 Å². The van der Waals surface area contributed by atoms with Crippen LogP contribution in [0.15, 0.2) is 0 Å². The van der Waals surface area contributed by atoms with Gasteiger partial charge in [-0.05, 0) is 25.3 Å². The Balaban J connectivity index is 2.48. The molecule has 108 valence electrons. The summed E-state index contributed by atoms with van der Waals surface area (Å²) in [6.45, 7) is 7.26. The van der Waals surface area contributed by atoms with Crippen molar-refractivity contribution in [2.75, 3.05) is 25.4 Å². The lowest BCUT2D eigenvalue weighted by molar-refractivity contribution is 0.191. The maximum atomic E-state index is 12.2. The largest absolute Gasteiger partial charge is 0.395 e. The zero-order valence-electron chi connectivity index (χ0n) is 11.6. The molecule has 0 aromatic heterocycles. The van der Waals surface area contributed by atoms with Gasteiger partial charge in [0, 0.05) is 12.6 Å². The van der Waals surface area contributed by atoms with Crippen LogP contribution in [0.25, 0.3) is 0 Å². The van der Waals surface area contributed by atoms with Gasteiger partial charge in [0.25, 0.3) is 0 Å².